The third kappa shape index (κ3) is 2.69. The fourth-order valence-corrected chi connectivity index (χ4v) is 2.69. The second-order valence-electron chi connectivity index (χ2n) is 4.32. The molecule has 0 spiro atoms. The van der Waals surface area contributed by atoms with Gasteiger partial charge < -0.3 is 5.32 Å². The summed E-state index contributed by atoms with van der Waals surface area (Å²) in [7, 11) is 0. The summed E-state index contributed by atoms with van der Waals surface area (Å²) in [5.74, 6) is 0. The van der Waals surface area contributed by atoms with Gasteiger partial charge in [-0.3, -0.25) is 5.10 Å². The van der Waals surface area contributed by atoms with Gasteiger partial charge in [0.2, 0.25) is 0 Å². The maximum Gasteiger partial charge on any atom is 0.0651 e. The molecule has 0 aliphatic carbocycles. The molecule has 0 saturated heterocycles. The first-order valence-corrected chi connectivity index (χ1v) is 6.40. The number of halogens is 1. The molecule has 1 aromatic carbocycles. The van der Waals surface area contributed by atoms with Crippen LogP contribution >= 0.6 is 15.9 Å². The lowest BCUT2D eigenvalue weighted by Gasteiger charge is -2.17. The topological polar surface area (TPSA) is 40.7 Å². The predicted octanol–water partition coefficient (Wildman–Crippen LogP) is 3.96. The molecule has 17 heavy (non-hydrogen) atoms. The predicted molar refractivity (Wildman–Crippen MR) is 74.2 cm³/mol. The molecule has 2 aromatic rings. The van der Waals surface area contributed by atoms with Gasteiger partial charge in [-0.15, -0.1) is 0 Å². The number of anilines is 1. The average Bonchev–Trinajstić information content (AvgIpc) is 2.76. The highest BCUT2D eigenvalue weighted by atomic mass is 79.9. The molecule has 1 heterocycles. The van der Waals surface area contributed by atoms with Gasteiger partial charge in [0.25, 0.3) is 0 Å². The third-order valence-corrected chi connectivity index (χ3v) is 3.41. The van der Waals surface area contributed by atoms with E-state index in [0.717, 1.165) is 15.9 Å². The van der Waals surface area contributed by atoms with Crippen LogP contribution in [0.4, 0.5) is 5.69 Å². The van der Waals surface area contributed by atoms with Gasteiger partial charge in [-0.25, -0.2) is 0 Å². The number of rotatable bonds is 3. The highest BCUT2D eigenvalue weighted by molar-refractivity contribution is 9.10. The number of nitrogens with one attached hydrogen (secondary N) is 2. The summed E-state index contributed by atoms with van der Waals surface area (Å²) in [5, 5.41) is 10.4. The van der Waals surface area contributed by atoms with Crippen molar-refractivity contribution >= 4 is 21.6 Å². The lowest BCUT2D eigenvalue weighted by atomic mass is 10.1. The van der Waals surface area contributed by atoms with E-state index in [4.69, 9.17) is 0 Å². The van der Waals surface area contributed by atoms with Crippen molar-refractivity contribution in [2.45, 2.75) is 26.8 Å². The molecule has 0 saturated carbocycles. The molecule has 0 amide bonds. The van der Waals surface area contributed by atoms with Crippen molar-refractivity contribution in [3.63, 3.8) is 0 Å². The van der Waals surface area contributed by atoms with Crippen LogP contribution in [0.15, 0.2) is 28.9 Å². The van der Waals surface area contributed by atoms with Crippen LogP contribution in [0.1, 0.15) is 29.8 Å². The summed E-state index contributed by atoms with van der Waals surface area (Å²) < 4.78 is 1.10. The van der Waals surface area contributed by atoms with Crippen LogP contribution in [-0.4, -0.2) is 10.2 Å². The van der Waals surface area contributed by atoms with E-state index in [2.05, 4.69) is 64.3 Å². The van der Waals surface area contributed by atoms with Crippen molar-refractivity contribution in [2.24, 2.45) is 0 Å². The number of aromatic amines is 1. The minimum Gasteiger partial charge on any atom is -0.376 e. The highest BCUT2D eigenvalue weighted by Crippen LogP contribution is 2.30. The number of hydrogen-bond acceptors (Lipinski definition) is 2. The molecule has 2 N–H and O–H groups in total. The summed E-state index contributed by atoms with van der Waals surface area (Å²) >= 11 is 3.60. The minimum absolute atomic E-state index is 0.204. The number of nitrogens with zero attached hydrogens (tertiary/aromatic N) is 1. The lowest BCUT2D eigenvalue weighted by molar-refractivity contribution is 0.823. The smallest absolute Gasteiger partial charge is 0.0651 e. The average molecular weight is 294 g/mol. The molecule has 1 aromatic heterocycles. The Kier molecular flexibility index (Phi) is 3.52. The Labute approximate surface area is 110 Å². The van der Waals surface area contributed by atoms with E-state index in [1.165, 1.54) is 11.1 Å². The summed E-state index contributed by atoms with van der Waals surface area (Å²) in [4.78, 5) is 0. The van der Waals surface area contributed by atoms with E-state index in [1.54, 1.807) is 6.20 Å². The van der Waals surface area contributed by atoms with Gasteiger partial charge in [0, 0.05) is 10.7 Å². The summed E-state index contributed by atoms with van der Waals surface area (Å²) in [6, 6.07) is 6.48. The summed E-state index contributed by atoms with van der Waals surface area (Å²) in [6.45, 7) is 6.32. The largest absolute Gasteiger partial charge is 0.376 e. The molecule has 0 fully saturated rings. The van der Waals surface area contributed by atoms with Gasteiger partial charge in [0.1, 0.15) is 0 Å². The Morgan fingerprint density at radius 3 is 2.71 bits per heavy atom. The number of aromatic nitrogens is 2. The van der Waals surface area contributed by atoms with Crippen LogP contribution in [0.2, 0.25) is 0 Å². The normalized spacial score (nSPS) is 12.5. The minimum atomic E-state index is 0.204. The molecule has 0 aliphatic heterocycles. The molecule has 0 aliphatic rings. The number of H-pyrrole nitrogens is 1. The van der Waals surface area contributed by atoms with Crippen LogP contribution < -0.4 is 5.32 Å². The molecule has 0 bridgehead atoms. The highest BCUT2D eigenvalue weighted by Gasteiger charge is 2.10. The molecule has 3 nitrogen and oxygen atoms in total. The van der Waals surface area contributed by atoms with Gasteiger partial charge in [-0.2, -0.15) is 5.10 Å². The van der Waals surface area contributed by atoms with E-state index in [-0.39, 0.29) is 6.04 Å². The van der Waals surface area contributed by atoms with Crippen molar-refractivity contribution < 1.29 is 0 Å². The van der Waals surface area contributed by atoms with E-state index in [0.29, 0.717) is 0 Å². The maximum atomic E-state index is 3.97. The second kappa shape index (κ2) is 4.92. The van der Waals surface area contributed by atoms with Crippen LogP contribution in [0, 0.1) is 13.8 Å². The van der Waals surface area contributed by atoms with Gasteiger partial charge in [-0.05, 0) is 60.0 Å². The van der Waals surface area contributed by atoms with Crippen LogP contribution in [0.3, 0.4) is 0 Å². The van der Waals surface area contributed by atoms with Gasteiger partial charge in [0.05, 0.1) is 17.4 Å². The van der Waals surface area contributed by atoms with Gasteiger partial charge in [0.15, 0.2) is 0 Å². The summed E-state index contributed by atoms with van der Waals surface area (Å²) in [5.41, 5.74) is 4.71. The first-order valence-electron chi connectivity index (χ1n) is 5.60. The van der Waals surface area contributed by atoms with Gasteiger partial charge >= 0.3 is 0 Å². The molecular formula is C13H16BrN3. The fourth-order valence-electron chi connectivity index (χ4n) is 1.90. The summed E-state index contributed by atoms with van der Waals surface area (Å²) in [6.07, 6.45) is 1.77. The van der Waals surface area contributed by atoms with Gasteiger partial charge in [-0.1, -0.05) is 6.07 Å². The Bertz CT molecular complexity index is 482. The molecule has 2 rings (SSSR count). The molecule has 4 heteroatoms. The van der Waals surface area contributed by atoms with Crippen LogP contribution in [0.25, 0.3) is 0 Å². The number of aryl methyl sites for hydroxylation is 2. The van der Waals surface area contributed by atoms with E-state index in [1.807, 2.05) is 6.07 Å². The van der Waals surface area contributed by atoms with Crippen molar-refractivity contribution in [2.75, 3.05) is 5.32 Å². The SMILES string of the molecule is Cc1cc(C)c(NC(C)c2ccn[nH]2)c(Br)c1. The maximum absolute atomic E-state index is 3.97. The zero-order valence-electron chi connectivity index (χ0n) is 10.2. The van der Waals surface area contributed by atoms with E-state index >= 15 is 0 Å². The first kappa shape index (κ1) is 12.2. The fraction of sp³-hybridized carbons (Fsp3) is 0.308. The quantitative estimate of drug-likeness (QED) is 0.899. The number of benzene rings is 1. The van der Waals surface area contributed by atoms with Crippen molar-refractivity contribution in [1.29, 1.82) is 0 Å². The Hall–Kier alpha value is -1.29. The van der Waals surface area contributed by atoms with E-state index in [9.17, 15) is 0 Å². The van der Waals surface area contributed by atoms with Crippen molar-refractivity contribution in [3.05, 3.63) is 45.7 Å². The monoisotopic (exact) mass is 293 g/mol. The zero-order chi connectivity index (χ0) is 12.4. The Morgan fingerprint density at radius 2 is 2.12 bits per heavy atom. The standard InChI is InChI=1S/C13H16BrN3/c1-8-6-9(2)13(11(14)7-8)16-10(3)12-4-5-15-17-12/h4-7,10,16H,1-3H3,(H,15,17). The molecular weight excluding hydrogens is 278 g/mol. The Balaban J connectivity index is 2.25. The molecule has 1 unspecified atom stereocenters. The third-order valence-electron chi connectivity index (χ3n) is 2.78. The van der Waals surface area contributed by atoms with E-state index < -0.39 is 0 Å². The van der Waals surface area contributed by atoms with Crippen LogP contribution in [0.5, 0.6) is 0 Å². The lowest BCUT2D eigenvalue weighted by Crippen LogP contribution is -2.09. The first-order chi connectivity index (χ1) is 8.08. The molecule has 90 valence electrons. The molecule has 1 atom stereocenters. The van der Waals surface area contributed by atoms with Crippen LogP contribution in [-0.2, 0) is 0 Å². The number of hydrogen-bond donors (Lipinski definition) is 2. The van der Waals surface area contributed by atoms with Crippen molar-refractivity contribution in [1.82, 2.24) is 10.2 Å². The zero-order valence-corrected chi connectivity index (χ0v) is 11.8. The second-order valence-corrected chi connectivity index (χ2v) is 5.17. The van der Waals surface area contributed by atoms with Crippen molar-refractivity contribution in [3.8, 4) is 0 Å². The molecule has 0 radical (unpaired) electrons. The Morgan fingerprint density at radius 1 is 1.35 bits per heavy atom.